The van der Waals surface area contributed by atoms with E-state index in [4.69, 9.17) is 4.74 Å². The molecule has 5 rings (SSSR count). The highest BCUT2D eigenvalue weighted by Gasteiger charge is 2.66. The molecule has 1 aromatic rings. The summed E-state index contributed by atoms with van der Waals surface area (Å²) >= 11 is 0. The number of amides is 2. The minimum Gasteiger partial charge on any atom is -0.360 e. The third-order valence-electron chi connectivity index (χ3n) is 6.56. The van der Waals surface area contributed by atoms with Gasteiger partial charge in [0.1, 0.15) is 5.60 Å². The third-order valence-corrected chi connectivity index (χ3v) is 6.56. The van der Waals surface area contributed by atoms with Crippen molar-refractivity contribution in [3.05, 3.63) is 42.2 Å². The number of nitrogens with zero attached hydrogens (tertiary/aromatic N) is 3. The molecule has 0 saturated carbocycles. The summed E-state index contributed by atoms with van der Waals surface area (Å²) in [4.78, 5) is 33.6. The largest absolute Gasteiger partial charge is 0.360 e. The van der Waals surface area contributed by atoms with Gasteiger partial charge in [0.25, 0.3) is 0 Å². The molecule has 0 N–H and O–H groups in total. The minimum absolute atomic E-state index is 0.0434. The quantitative estimate of drug-likeness (QED) is 0.750. The van der Waals surface area contributed by atoms with Crippen LogP contribution in [0.2, 0.25) is 0 Å². The van der Waals surface area contributed by atoms with Crippen LogP contribution in [-0.4, -0.2) is 65.0 Å². The van der Waals surface area contributed by atoms with Gasteiger partial charge in [-0.15, -0.1) is 0 Å². The first-order valence-electron chi connectivity index (χ1n) is 9.40. The Labute approximate surface area is 152 Å². The van der Waals surface area contributed by atoms with Gasteiger partial charge < -0.3 is 14.5 Å². The summed E-state index contributed by atoms with van der Waals surface area (Å²) in [6, 6.07) is 4.13. The van der Waals surface area contributed by atoms with Crippen LogP contribution in [-0.2, 0) is 14.3 Å². The Bertz CT molecular complexity index is 772. The molecule has 136 valence electrons. The number of piperidine rings is 1. The molecule has 4 aliphatic heterocycles. The molecule has 0 aromatic carbocycles. The number of carbonyl (C=O) groups excluding carboxylic acids is 2. The summed E-state index contributed by atoms with van der Waals surface area (Å²) in [5, 5.41) is 0. The van der Waals surface area contributed by atoms with Crippen molar-refractivity contribution in [1.29, 1.82) is 0 Å². The highest BCUT2D eigenvalue weighted by atomic mass is 16.5. The van der Waals surface area contributed by atoms with Crippen LogP contribution in [0.25, 0.3) is 0 Å². The molecule has 6 heteroatoms. The Kier molecular flexibility index (Phi) is 3.47. The maximum absolute atomic E-state index is 13.3. The van der Waals surface area contributed by atoms with Crippen molar-refractivity contribution in [1.82, 2.24) is 14.8 Å². The van der Waals surface area contributed by atoms with Crippen molar-refractivity contribution in [3.63, 3.8) is 0 Å². The predicted octanol–water partition coefficient (Wildman–Crippen LogP) is 1.20. The van der Waals surface area contributed by atoms with E-state index in [9.17, 15) is 9.59 Å². The van der Waals surface area contributed by atoms with E-state index in [0.29, 0.717) is 12.5 Å². The highest BCUT2D eigenvalue weighted by molar-refractivity contribution is 5.92. The second kappa shape index (κ2) is 5.64. The van der Waals surface area contributed by atoms with Crippen molar-refractivity contribution >= 4 is 11.8 Å². The third kappa shape index (κ3) is 2.18. The molecule has 0 aliphatic carbocycles. The summed E-state index contributed by atoms with van der Waals surface area (Å²) in [6.45, 7) is 2.03. The molecule has 26 heavy (non-hydrogen) atoms. The van der Waals surface area contributed by atoms with Crippen LogP contribution in [0.3, 0.4) is 0 Å². The first-order chi connectivity index (χ1) is 12.6. The fourth-order valence-electron chi connectivity index (χ4n) is 5.25. The van der Waals surface area contributed by atoms with Crippen molar-refractivity contribution in [2.45, 2.75) is 30.5 Å². The Morgan fingerprint density at radius 1 is 1.27 bits per heavy atom. The smallest absolute Gasteiger partial charge is 0.229 e. The van der Waals surface area contributed by atoms with Crippen LogP contribution < -0.4 is 0 Å². The van der Waals surface area contributed by atoms with Gasteiger partial charge in [-0.25, -0.2) is 0 Å². The molecular formula is C20H23N3O3. The number of fused-ring (bicyclic) bond motifs is 1. The van der Waals surface area contributed by atoms with Gasteiger partial charge in [0.2, 0.25) is 11.8 Å². The lowest BCUT2D eigenvalue weighted by Gasteiger charge is -2.35. The van der Waals surface area contributed by atoms with Crippen molar-refractivity contribution < 1.29 is 14.3 Å². The summed E-state index contributed by atoms with van der Waals surface area (Å²) in [7, 11) is 1.79. The number of likely N-dealkylation sites (N-methyl/N-ethyl adjacent to an activating group) is 1. The summed E-state index contributed by atoms with van der Waals surface area (Å²) < 4.78 is 6.11. The standard InChI is InChI=1S/C20H23N3O3/c1-22-12-20-7-2-15(26-20)16(17(20)19(22)25)18(24)23-10-5-14(6-11-23)13-3-8-21-9-4-13/h2-4,7-9,14-17H,5-6,10-12H2,1H3/t15-,16-,17-,20-/m1/s1. The number of likely N-dealkylation sites (tertiary alicyclic amines) is 2. The van der Waals surface area contributed by atoms with E-state index in [1.807, 2.05) is 29.4 Å². The molecule has 3 fully saturated rings. The number of carbonyl (C=O) groups is 2. The Morgan fingerprint density at radius 3 is 2.73 bits per heavy atom. The van der Waals surface area contributed by atoms with Crippen molar-refractivity contribution in [2.24, 2.45) is 11.8 Å². The average Bonchev–Trinajstić information content (AvgIpc) is 3.30. The molecule has 0 radical (unpaired) electrons. The fraction of sp³-hybridized carbons (Fsp3) is 0.550. The van der Waals surface area contributed by atoms with Crippen LogP contribution in [0, 0.1) is 11.8 Å². The predicted molar refractivity (Wildman–Crippen MR) is 94.2 cm³/mol. The molecule has 0 unspecified atom stereocenters. The Morgan fingerprint density at radius 2 is 2.00 bits per heavy atom. The molecule has 4 atom stereocenters. The first kappa shape index (κ1) is 16.0. The molecule has 2 bridgehead atoms. The van der Waals surface area contributed by atoms with E-state index in [2.05, 4.69) is 17.1 Å². The molecule has 1 spiro atoms. The van der Waals surface area contributed by atoms with Crippen LogP contribution in [0.15, 0.2) is 36.7 Å². The second-order valence-corrected chi connectivity index (χ2v) is 7.97. The lowest BCUT2D eigenvalue weighted by molar-refractivity contribution is -0.143. The molecule has 5 heterocycles. The van der Waals surface area contributed by atoms with Gasteiger partial charge in [0.15, 0.2) is 0 Å². The van der Waals surface area contributed by atoms with Gasteiger partial charge in [-0.05, 0) is 36.5 Å². The normalized spacial score (nSPS) is 36.0. The van der Waals surface area contributed by atoms with Crippen LogP contribution in [0.5, 0.6) is 0 Å². The van der Waals surface area contributed by atoms with Crippen LogP contribution >= 0.6 is 0 Å². The zero-order chi connectivity index (χ0) is 17.9. The van der Waals surface area contributed by atoms with Gasteiger partial charge in [-0.3, -0.25) is 14.6 Å². The number of ether oxygens (including phenoxy) is 1. The van der Waals surface area contributed by atoms with Gasteiger partial charge in [-0.2, -0.15) is 0 Å². The van der Waals surface area contributed by atoms with Crippen LogP contribution in [0.1, 0.15) is 24.3 Å². The Balaban J connectivity index is 1.31. The Hall–Kier alpha value is -2.21. The van der Waals surface area contributed by atoms with Gasteiger partial charge in [-0.1, -0.05) is 12.2 Å². The number of hydrogen-bond donors (Lipinski definition) is 0. The van der Waals surface area contributed by atoms with Gasteiger partial charge in [0, 0.05) is 32.5 Å². The number of rotatable bonds is 2. The molecule has 6 nitrogen and oxygen atoms in total. The second-order valence-electron chi connectivity index (χ2n) is 7.97. The number of pyridine rings is 1. The SMILES string of the molecule is CN1C[C@@]23C=C[C@@H](O2)[C@@H](C(=O)N2CCC(c4ccncc4)CC2)[C@@H]3C1=O. The lowest BCUT2D eigenvalue weighted by atomic mass is 9.76. The molecular weight excluding hydrogens is 330 g/mol. The minimum atomic E-state index is -0.577. The molecule has 1 aromatic heterocycles. The van der Waals surface area contributed by atoms with Crippen LogP contribution in [0.4, 0.5) is 0 Å². The van der Waals surface area contributed by atoms with E-state index < -0.39 is 5.60 Å². The molecule has 2 amide bonds. The summed E-state index contributed by atoms with van der Waals surface area (Å²) in [6.07, 6.45) is 9.29. The average molecular weight is 353 g/mol. The van der Waals surface area contributed by atoms with Gasteiger partial charge in [0.05, 0.1) is 24.5 Å². The van der Waals surface area contributed by atoms with E-state index >= 15 is 0 Å². The number of aromatic nitrogens is 1. The molecule has 4 aliphatic rings. The van der Waals surface area contributed by atoms with Crippen molar-refractivity contribution in [3.8, 4) is 0 Å². The topological polar surface area (TPSA) is 62.7 Å². The van der Waals surface area contributed by atoms with Gasteiger partial charge >= 0.3 is 0 Å². The van der Waals surface area contributed by atoms with E-state index in [-0.39, 0.29) is 29.8 Å². The van der Waals surface area contributed by atoms with Crippen molar-refractivity contribution in [2.75, 3.05) is 26.7 Å². The fourth-order valence-corrected chi connectivity index (χ4v) is 5.25. The molecule has 3 saturated heterocycles. The van der Waals surface area contributed by atoms with E-state index in [0.717, 1.165) is 25.9 Å². The maximum Gasteiger partial charge on any atom is 0.229 e. The number of hydrogen-bond acceptors (Lipinski definition) is 4. The van der Waals surface area contributed by atoms with E-state index in [1.54, 1.807) is 11.9 Å². The van der Waals surface area contributed by atoms with E-state index in [1.165, 1.54) is 5.56 Å². The first-order valence-corrected chi connectivity index (χ1v) is 9.40. The maximum atomic E-state index is 13.3. The monoisotopic (exact) mass is 353 g/mol. The summed E-state index contributed by atoms with van der Waals surface area (Å²) in [5.41, 5.74) is 0.719. The summed E-state index contributed by atoms with van der Waals surface area (Å²) in [5.74, 6) is -0.114. The lowest BCUT2D eigenvalue weighted by Crippen LogP contribution is -2.48. The zero-order valence-electron chi connectivity index (χ0n) is 14.9. The highest BCUT2D eigenvalue weighted by Crippen LogP contribution is 2.52. The zero-order valence-corrected chi connectivity index (χ0v) is 14.9.